The molecule has 3 aromatic carbocycles. The van der Waals surface area contributed by atoms with Gasteiger partial charge in [0, 0.05) is 11.5 Å². The van der Waals surface area contributed by atoms with Crippen molar-refractivity contribution in [3.63, 3.8) is 0 Å². The van der Waals surface area contributed by atoms with Gasteiger partial charge in [-0.2, -0.15) is 0 Å². The first-order valence-corrected chi connectivity index (χ1v) is 17.2. The fraction of sp³-hybridized carbons (Fsp3) is 0.310. The molecule has 1 aromatic heterocycles. The standard InChI is InChI=1S/C29H31O6PS3/c1-4-33-36(3,31)34-16-6-5-15-32-26-14-11-23-17-22(7-8-24(23)18-26)20(2)29(30)35-25-12-9-21(10-13-25)27-19-28(37)39-38-27/h7-14,17-20H,4-6,15-16H2,1-3H3. The number of rotatable bonds is 13. The first-order chi connectivity index (χ1) is 18.7. The Morgan fingerprint density at radius 1 is 0.897 bits per heavy atom. The number of fused-ring (bicyclic) bond motifs is 1. The summed E-state index contributed by atoms with van der Waals surface area (Å²) in [4.78, 5) is 14.0. The van der Waals surface area contributed by atoms with Gasteiger partial charge in [0.1, 0.15) is 15.3 Å². The predicted octanol–water partition coefficient (Wildman–Crippen LogP) is 9.10. The van der Waals surface area contributed by atoms with Crippen LogP contribution >= 0.6 is 40.5 Å². The lowest BCUT2D eigenvalue weighted by molar-refractivity contribution is -0.135. The Hall–Kier alpha value is -2.39. The van der Waals surface area contributed by atoms with E-state index in [1.807, 2.05) is 73.7 Å². The van der Waals surface area contributed by atoms with Crippen molar-refractivity contribution in [3.8, 4) is 21.9 Å². The summed E-state index contributed by atoms with van der Waals surface area (Å²) in [7, 11) is 0.266. The molecule has 4 rings (SSSR count). The summed E-state index contributed by atoms with van der Waals surface area (Å²) in [6.45, 7) is 6.39. The van der Waals surface area contributed by atoms with Gasteiger partial charge in [-0.15, -0.1) is 0 Å². The second-order valence-electron chi connectivity index (χ2n) is 9.01. The van der Waals surface area contributed by atoms with E-state index in [4.69, 9.17) is 30.7 Å². The molecule has 0 aliphatic rings. The van der Waals surface area contributed by atoms with Crippen LogP contribution in [0, 0.1) is 3.82 Å². The maximum absolute atomic E-state index is 12.9. The first kappa shape index (κ1) is 29.6. The van der Waals surface area contributed by atoms with Crippen LogP contribution in [-0.2, 0) is 18.4 Å². The molecule has 0 aliphatic carbocycles. The number of hydrogen-bond acceptors (Lipinski definition) is 9. The second-order valence-corrected chi connectivity index (χ2v) is 14.0. The van der Waals surface area contributed by atoms with E-state index >= 15 is 0 Å². The third-order valence-electron chi connectivity index (χ3n) is 6.01. The van der Waals surface area contributed by atoms with E-state index < -0.39 is 13.5 Å². The zero-order chi connectivity index (χ0) is 27.8. The van der Waals surface area contributed by atoms with Crippen molar-refractivity contribution >= 4 is 57.2 Å². The van der Waals surface area contributed by atoms with Gasteiger partial charge in [0.15, 0.2) is 0 Å². The number of benzene rings is 3. The van der Waals surface area contributed by atoms with Gasteiger partial charge >= 0.3 is 13.6 Å². The maximum atomic E-state index is 12.9. The van der Waals surface area contributed by atoms with Gasteiger partial charge < -0.3 is 18.5 Å². The molecule has 10 heteroatoms. The van der Waals surface area contributed by atoms with Gasteiger partial charge in [0.2, 0.25) is 0 Å². The molecule has 0 amide bonds. The van der Waals surface area contributed by atoms with Crippen molar-refractivity contribution in [1.29, 1.82) is 0 Å². The minimum atomic E-state index is -2.95. The molecule has 39 heavy (non-hydrogen) atoms. The lowest BCUT2D eigenvalue weighted by Gasteiger charge is -2.14. The molecule has 0 radical (unpaired) electrons. The molecule has 0 fully saturated rings. The Kier molecular flexibility index (Phi) is 10.5. The first-order valence-electron chi connectivity index (χ1n) is 12.7. The van der Waals surface area contributed by atoms with Crippen molar-refractivity contribution in [2.45, 2.75) is 32.6 Å². The van der Waals surface area contributed by atoms with E-state index in [1.54, 1.807) is 27.6 Å². The number of esters is 1. The Balaban J connectivity index is 1.29. The fourth-order valence-electron chi connectivity index (χ4n) is 3.90. The molecule has 2 atom stereocenters. The molecule has 0 saturated heterocycles. The Morgan fingerprint density at radius 3 is 2.31 bits per heavy atom. The lowest BCUT2D eigenvalue weighted by atomic mass is 9.98. The van der Waals surface area contributed by atoms with Crippen LogP contribution in [0.4, 0.5) is 0 Å². The second kappa shape index (κ2) is 13.8. The Morgan fingerprint density at radius 2 is 1.59 bits per heavy atom. The largest absolute Gasteiger partial charge is 0.494 e. The van der Waals surface area contributed by atoms with Crippen LogP contribution in [0.1, 0.15) is 38.2 Å². The number of ether oxygens (including phenoxy) is 2. The van der Waals surface area contributed by atoms with Crippen molar-refractivity contribution < 1.29 is 27.9 Å². The maximum Gasteiger partial charge on any atom is 0.327 e. The third kappa shape index (κ3) is 8.55. The van der Waals surface area contributed by atoms with Crippen molar-refractivity contribution in [1.82, 2.24) is 0 Å². The van der Waals surface area contributed by atoms with Crippen LogP contribution in [0.3, 0.4) is 0 Å². The van der Waals surface area contributed by atoms with Gasteiger partial charge in [0.05, 0.1) is 25.7 Å². The summed E-state index contributed by atoms with van der Waals surface area (Å²) in [6.07, 6.45) is 1.50. The zero-order valence-electron chi connectivity index (χ0n) is 22.1. The molecule has 0 saturated carbocycles. The SMILES string of the molecule is CCOP(C)(=O)OCCCCOc1ccc2cc(C(C)C(=O)Oc3ccc(-c4cc(=S)ss4)cc3)ccc2c1. The Bertz CT molecular complexity index is 1510. The van der Waals surface area contributed by atoms with Gasteiger partial charge in [-0.05, 0) is 91.1 Å². The van der Waals surface area contributed by atoms with E-state index in [1.165, 1.54) is 6.66 Å². The summed E-state index contributed by atoms with van der Waals surface area (Å²) in [6, 6.07) is 21.3. The fourth-order valence-corrected chi connectivity index (χ4v) is 7.30. The lowest BCUT2D eigenvalue weighted by Crippen LogP contribution is -2.16. The molecule has 4 aromatic rings. The van der Waals surface area contributed by atoms with Gasteiger partial charge in [-0.1, -0.05) is 57.2 Å². The van der Waals surface area contributed by atoms with Gasteiger partial charge in [0.25, 0.3) is 0 Å². The van der Waals surface area contributed by atoms with Crippen molar-refractivity contribution in [2.24, 2.45) is 0 Å². The summed E-state index contributed by atoms with van der Waals surface area (Å²) < 4.78 is 34.8. The van der Waals surface area contributed by atoms with Crippen LogP contribution in [0.2, 0.25) is 0 Å². The Labute approximate surface area is 241 Å². The van der Waals surface area contributed by atoms with Crippen LogP contribution in [0.15, 0.2) is 66.7 Å². The van der Waals surface area contributed by atoms with E-state index in [9.17, 15) is 9.36 Å². The predicted molar refractivity (Wildman–Crippen MR) is 162 cm³/mol. The average Bonchev–Trinajstić information content (AvgIpc) is 3.36. The smallest absolute Gasteiger partial charge is 0.327 e. The summed E-state index contributed by atoms with van der Waals surface area (Å²) in [5.41, 5.74) is 1.94. The third-order valence-corrected chi connectivity index (χ3v) is 10.3. The normalized spacial score (nSPS) is 13.6. The van der Waals surface area contributed by atoms with Crippen LogP contribution in [-0.4, -0.2) is 32.5 Å². The van der Waals surface area contributed by atoms with E-state index in [0.29, 0.717) is 25.6 Å². The monoisotopic (exact) mass is 602 g/mol. The topological polar surface area (TPSA) is 71.1 Å². The highest BCUT2D eigenvalue weighted by Gasteiger charge is 2.18. The van der Waals surface area contributed by atoms with E-state index in [0.717, 1.165) is 49.2 Å². The molecule has 0 spiro atoms. The molecule has 0 N–H and O–H groups in total. The minimum Gasteiger partial charge on any atom is -0.494 e. The van der Waals surface area contributed by atoms with Crippen molar-refractivity contribution in [3.05, 3.63) is 76.1 Å². The highest BCUT2D eigenvalue weighted by molar-refractivity contribution is 7.80. The minimum absolute atomic E-state index is 0.307. The molecule has 6 nitrogen and oxygen atoms in total. The molecular weight excluding hydrogens is 571 g/mol. The summed E-state index contributed by atoms with van der Waals surface area (Å²) in [5, 5.41) is 2.04. The summed E-state index contributed by atoms with van der Waals surface area (Å²) in [5.74, 6) is 0.560. The number of hydrogen-bond donors (Lipinski definition) is 0. The molecular formula is C29H31O6PS3. The van der Waals surface area contributed by atoms with Crippen molar-refractivity contribution in [2.75, 3.05) is 26.5 Å². The van der Waals surface area contributed by atoms with Gasteiger partial charge in [-0.25, -0.2) is 0 Å². The van der Waals surface area contributed by atoms with Crippen LogP contribution in [0.25, 0.3) is 21.2 Å². The highest BCUT2D eigenvalue weighted by atomic mass is 32.9. The number of carbonyl (C=O) groups excluding carboxylic acids is 1. The highest BCUT2D eigenvalue weighted by Crippen LogP contribution is 2.43. The number of unbranched alkanes of at least 4 members (excludes halogenated alkanes) is 1. The van der Waals surface area contributed by atoms with E-state index in [2.05, 4.69) is 0 Å². The zero-order valence-corrected chi connectivity index (χ0v) is 25.4. The quantitative estimate of drug-likeness (QED) is 0.0377. The molecule has 0 aliphatic heterocycles. The average molecular weight is 603 g/mol. The van der Waals surface area contributed by atoms with E-state index in [-0.39, 0.29) is 5.97 Å². The number of carbonyl (C=O) groups is 1. The molecule has 206 valence electrons. The molecule has 2 unspecified atom stereocenters. The van der Waals surface area contributed by atoms with Crippen LogP contribution in [0.5, 0.6) is 11.5 Å². The molecule has 0 bridgehead atoms. The summed E-state index contributed by atoms with van der Waals surface area (Å²) >= 11 is 5.21. The van der Waals surface area contributed by atoms with Gasteiger partial charge in [-0.3, -0.25) is 9.36 Å². The van der Waals surface area contributed by atoms with Crippen LogP contribution < -0.4 is 9.47 Å². The molecule has 1 heterocycles.